The number of hydrogen-bond acceptors (Lipinski definition) is 3. The van der Waals surface area contributed by atoms with Crippen LogP contribution in [0.2, 0.25) is 0 Å². The SMILES string of the molecule is CCN(C(=O)c1ccccc1F)c1cccc(N(C)C(=O)OC(C)(C)C)c1. The van der Waals surface area contributed by atoms with Gasteiger partial charge in [0.25, 0.3) is 5.91 Å². The lowest BCUT2D eigenvalue weighted by atomic mass is 10.1. The van der Waals surface area contributed by atoms with Gasteiger partial charge in [0.05, 0.1) is 5.56 Å². The summed E-state index contributed by atoms with van der Waals surface area (Å²) in [5.74, 6) is -1.00. The second kappa shape index (κ2) is 8.20. The molecule has 0 spiro atoms. The van der Waals surface area contributed by atoms with Crippen molar-refractivity contribution >= 4 is 23.4 Å². The number of carbonyl (C=O) groups is 2. The molecule has 0 unspecified atom stereocenters. The molecule has 2 rings (SSSR count). The number of benzene rings is 2. The summed E-state index contributed by atoms with van der Waals surface area (Å²) in [4.78, 5) is 27.9. The summed E-state index contributed by atoms with van der Waals surface area (Å²) in [6.45, 7) is 7.54. The highest BCUT2D eigenvalue weighted by Crippen LogP contribution is 2.25. The third-order valence-electron chi connectivity index (χ3n) is 3.86. The summed E-state index contributed by atoms with van der Waals surface area (Å²) >= 11 is 0. The summed E-state index contributed by atoms with van der Waals surface area (Å²) in [5, 5.41) is 0. The molecule has 0 N–H and O–H groups in total. The highest BCUT2D eigenvalue weighted by Gasteiger charge is 2.23. The third kappa shape index (κ3) is 5.06. The summed E-state index contributed by atoms with van der Waals surface area (Å²) < 4.78 is 19.4. The van der Waals surface area contributed by atoms with Crippen LogP contribution in [0.4, 0.5) is 20.6 Å². The van der Waals surface area contributed by atoms with Crippen molar-refractivity contribution in [2.24, 2.45) is 0 Å². The number of anilines is 2. The standard InChI is InChI=1S/C21H25FN2O3/c1-6-24(19(25)17-12-7-8-13-18(17)22)16-11-9-10-15(14-16)23(5)20(26)27-21(2,3)4/h7-14H,6H2,1-5H3. The van der Waals surface area contributed by atoms with Crippen LogP contribution < -0.4 is 9.80 Å². The largest absolute Gasteiger partial charge is 0.443 e. The molecule has 144 valence electrons. The normalized spacial score (nSPS) is 11.0. The van der Waals surface area contributed by atoms with Crippen LogP contribution in [-0.4, -0.2) is 31.2 Å². The van der Waals surface area contributed by atoms with Gasteiger partial charge in [-0.15, -0.1) is 0 Å². The smallest absolute Gasteiger partial charge is 0.414 e. The second-order valence-corrected chi connectivity index (χ2v) is 7.09. The average Bonchev–Trinajstić information content (AvgIpc) is 2.60. The highest BCUT2D eigenvalue weighted by atomic mass is 19.1. The maximum atomic E-state index is 14.0. The van der Waals surface area contributed by atoms with Crippen molar-refractivity contribution in [1.29, 1.82) is 0 Å². The molecule has 2 amide bonds. The molecule has 0 aliphatic carbocycles. The molecule has 0 fully saturated rings. The van der Waals surface area contributed by atoms with E-state index in [2.05, 4.69) is 0 Å². The fraction of sp³-hybridized carbons (Fsp3) is 0.333. The number of halogens is 1. The van der Waals surface area contributed by atoms with Crippen molar-refractivity contribution in [3.05, 3.63) is 59.9 Å². The molecule has 0 atom stereocenters. The number of ether oxygens (including phenoxy) is 1. The monoisotopic (exact) mass is 372 g/mol. The van der Waals surface area contributed by atoms with Crippen LogP contribution in [0.15, 0.2) is 48.5 Å². The number of amides is 2. The van der Waals surface area contributed by atoms with Crippen molar-refractivity contribution in [3.63, 3.8) is 0 Å². The Kier molecular flexibility index (Phi) is 6.20. The minimum Gasteiger partial charge on any atom is -0.443 e. The Labute approximate surface area is 159 Å². The maximum absolute atomic E-state index is 14.0. The maximum Gasteiger partial charge on any atom is 0.414 e. The van der Waals surface area contributed by atoms with E-state index in [1.165, 1.54) is 21.9 Å². The zero-order valence-electron chi connectivity index (χ0n) is 16.3. The van der Waals surface area contributed by atoms with Crippen molar-refractivity contribution in [3.8, 4) is 0 Å². The number of nitrogens with zero attached hydrogens (tertiary/aromatic N) is 2. The van der Waals surface area contributed by atoms with Gasteiger partial charge < -0.3 is 9.64 Å². The first-order valence-electron chi connectivity index (χ1n) is 8.77. The predicted molar refractivity (Wildman–Crippen MR) is 105 cm³/mol. The van der Waals surface area contributed by atoms with Crippen LogP contribution >= 0.6 is 0 Å². The number of hydrogen-bond donors (Lipinski definition) is 0. The van der Waals surface area contributed by atoms with E-state index in [4.69, 9.17) is 4.74 Å². The van der Waals surface area contributed by atoms with Crippen molar-refractivity contribution < 1.29 is 18.7 Å². The first-order chi connectivity index (χ1) is 12.6. The molecule has 0 aromatic heterocycles. The quantitative estimate of drug-likeness (QED) is 0.770. The summed E-state index contributed by atoms with van der Waals surface area (Å²) in [7, 11) is 1.60. The van der Waals surface area contributed by atoms with Crippen LogP contribution in [0, 0.1) is 5.82 Å². The molecule has 0 saturated heterocycles. The van der Waals surface area contributed by atoms with E-state index in [1.54, 1.807) is 64.2 Å². The summed E-state index contributed by atoms with van der Waals surface area (Å²) in [6.07, 6.45) is -0.497. The zero-order valence-corrected chi connectivity index (χ0v) is 16.3. The molecule has 0 aliphatic heterocycles. The van der Waals surface area contributed by atoms with Crippen molar-refractivity contribution in [2.45, 2.75) is 33.3 Å². The Morgan fingerprint density at radius 2 is 1.67 bits per heavy atom. The Balaban J connectivity index is 2.30. The molecule has 0 radical (unpaired) electrons. The Morgan fingerprint density at radius 3 is 2.26 bits per heavy atom. The van der Waals surface area contributed by atoms with Crippen LogP contribution in [0.25, 0.3) is 0 Å². The first kappa shape index (κ1) is 20.4. The van der Waals surface area contributed by atoms with E-state index in [1.807, 2.05) is 6.92 Å². The van der Waals surface area contributed by atoms with Gasteiger partial charge in [-0.25, -0.2) is 9.18 Å². The first-order valence-corrected chi connectivity index (χ1v) is 8.77. The van der Waals surface area contributed by atoms with E-state index in [0.717, 1.165) is 0 Å². The lowest BCUT2D eigenvalue weighted by molar-refractivity contribution is 0.0589. The van der Waals surface area contributed by atoms with Crippen molar-refractivity contribution in [2.75, 3.05) is 23.4 Å². The topological polar surface area (TPSA) is 49.9 Å². The minimum atomic E-state index is -0.612. The second-order valence-electron chi connectivity index (χ2n) is 7.09. The van der Waals surface area contributed by atoms with Gasteiger partial charge in [-0.3, -0.25) is 9.69 Å². The van der Waals surface area contributed by atoms with E-state index < -0.39 is 23.4 Å². The van der Waals surface area contributed by atoms with Crippen LogP contribution in [-0.2, 0) is 4.74 Å². The fourth-order valence-corrected chi connectivity index (χ4v) is 2.53. The van der Waals surface area contributed by atoms with Gasteiger partial charge in [0.2, 0.25) is 0 Å². The number of carbonyl (C=O) groups excluding carboxylic acids is 2. The fourth-order valence-electron chi connectivity index (χ4n) is 2.53. The molecule has 0 saturated carbocycles. The van der Waals surface area contributed by atoms with Crippen LogP contribution in [0.3, 0.4) is 0 Å². The molecule has 27 heavy (non-hydrogen) atoms. The van der Waals surface area contributed by atoms with Gasteiger partial charge in [-0.1, -0.05) is 18.2 Å². The van der Waals surface area contributed by atoms with E-state index in [0.29, 0.717) is 17.9 Å². The molecule has 0 bridgehead atoms. The molecular weight excluding hydrogens is 347 g/mol. The zero-order chi connectivity index (χ0) is 20.2. The van der Waals surface area contributed by atoms with Crippen LogP contribution in [0.5, 0.6) is 0 Å². The van der Waals surface area contributed by atoms with Gasteiger partial charge in [-0.2, -0.15) is 0 Å². The molecule has 0 aliphatic rings. The average molecular weight is 372 g/mol. The Bertz CT molecular complexity index is 830. The third-order valence-corrected chi connectivity index (χ3v) is 3.86. The molecule has 0 heterocycles. The highest BCUT2D eigenvalue weighted by molar-refractivity contribution is 6.06. The molecule has 5 nitrogen and oxygen atoms in total. The van der Waals surface area contributed by atoms with Crippen molar-refractivity contribution in [1.82, 2.24) is 0 Å². The molecule has 2 aromatic carbocycles. The number of rotatable bonds is 4. The Morgan fingerprint density at radius 1 is 1.04 bits per heavy atom. The summed E-state index contributed by atoms with van der Waals surface area (Å²) in [5.41, 5.74) is 0.532. The van der Waals surface area contributed by atoms with Gasteiger partial charge >= 0.3 is 6.09 Å². The van der Waals surface area contributed by atoms with E-state index in [-0.39, 0.29) is 5.56 Å². The van der Waals surface area contributed by atoms with E-state index in [9.17, 15) is 14.0 Å². The lowest BCUT2D eigenvalue weighted by Gasteiger charge is -2.26. The lowest BCUT2D eigenvalue weighted by Crippen LogP contribution is -2.34. The van der Waals surface area contributed by atoms with Crippen LogP contribution in [0.1, 0.15) is 38.1 Å². The molecule has 2 aromatic rings. The minimum absolute atomic E-state index is 0.00486. The van der Waals surface area contributed by atoms with Gasteiger partial charge in [0.1, 0.15) is 11.4 Å². The van der Waals surface area contributed by atoms with Gasteiger partial charge in [0, 0.05) is 25.0 Å². The van der Waals surface area contributed by atoms with E-state index >= 15 is 0 Å². The molecule has 6 heteroatoms. The predicted octanol–water partition coefficient (Wildman–Crippen LogP) is 4.86. The summed E-state index contributed by atoms with van der Waals surface area (Å²) in [6, 6.07) is 12.8. The van der Waals surface area contributed by atoms with Gasteiger partial charge in [-0.05, 0) is 58.0 Å². The van der Waals surface area contributed by atoms with Gasteiger partial charge in [0.15, 0.2) is 0 Å². The Hall–Kier alpha value is -2.89. The molecular formula is C21H25FN2O3.